The first-order valence-electron chi connectivity index (χ1n) is 9.34. The van der Waals surface area contributed by atoms with Crippen molar-refractivity contribution in [1.82, 2.24) is 9.78 Å². The van der Waals surface area contributed by atoms with Crippen LogP contribution in [0.1, 0.15) is 47.5 Å². The normalized spacial score (nSPS) is 15.2. The van der Waals surface area contributed by atoms with Crippen molar-refractivity contribution in [2.24, 2.45) is 0 Å². The minimum atomic E-state index is -0.0787. The molecule has 4 nitrogen and oxygen atoms in total. The Morgan fingerprint density at radius 2 is 2.00 bits per heavy atom. The van der Waals surface area contributed by atoms with Crippen LogP contribution in [0.5, 0.6) is 0 Å². The van der Waals surface area contributed by atoms with Crippen LogP contribution in [0.15, 0.2) is 42.0 Å². The Bertz CT molecular complexity index is 1190. The molecule has 1 aliphatic carbocycles. The highest BCUT2D eigenvalue weighted by molar-refractivity contribution is 7.16. The predicted octanol–water partition coefficient (Wildman–Crippen LogP) is 6.13. The molecule has 0 amide bonds. The lowest BCUT2D eigenvalue weighted by Gasteiger charge is -2.29. The average molecular weight is 421 g/mol. The molecule has 146 valence electrons. The monoisotopic (exact) mass is 420 g/mol. The molecule has 2 aromatic heterocycles. The summed E-state index contributed by atoms with van der Waals surface area (Å²) in [6.07, 6.45) is 7.03. The number of nitrogens with two attached hydrogens (primary N) is 1. The molecule has 2 heterocycles. The fourth-order valence-electron chi connectivity index (χ4n) is 3.78. The number of rotatable bonds is 3. The van der Waals surface area contributed by atoms with E-state index in [1.165, 1.54) is 16.2 Å². The van der Waals surface area contributed by atoms with E-state index in [1.807, 2.05) is 43.3 Å². The molecule has 1 aromatic carbocycles. The van der Waals surface area contributed by atoms with Gasteiger partial charge in [-0.1, -0.05) is 49.7 Å². The molecule has 0 unspecified atom stereocenters. The number of anilines is 1. The lowest BCUT2D eigenvalue weighted by atomic mass is 9.77. The summed E-state index contributed by atoms with van der Waals surface area (Å²) in [4.78, 5) is 1.18. The van der Waals surface area contributed by atoms with Gasteiger partial charge in [-0.3, -0.25) is 0 Å². The Hall–Kier alpha value is -2.81. The molecule has 6 heteroatoms. The van der Waals surface area contributed by atoms with Crippen LogP contribution in [0.4, 0.5) is 5.00 Å². The predicted molar refractivity (Wildman–Crippen MR) is 121 cm³/mol. The molecule has 0 aliphatic heterocycles. The smallest absolute Gasteiger partial charge is 0.140 e. The van der Waals surface area contributed by atoms with Crippen molar-refractivity contribution in [2.45, 2.75) is 32.6 Å². The summed E-state index contributed by atoms with van der Waals surface area (Å²) in [6.45, 7) is 6.33. The van der Waals surface area contributed by atoms with Crippen LogP contribution >= 0.6 is 22.9 Å². The van der Waals surface area contributed by atoms with Crippen molar-refractivity contribution < 1.29 is 0 Å². The van der Waals surface area contributed by atoms with Gasteiger partial charge in [0, 0.05) is 21.4 Å². The summed E-state index contributed by atoms with van der Waals surface area (Å²) >= 11 is 8.16. The minimum absolute atomic E-state index is 0.0787. The van der Waals surface area contributed by atoms with Crippen LogP contribution in [0, 0.1) is 18.3 Å². The third kappa shape index (κ3) is 3.39. The molecule has 0 atom stereocenters. The average Bonchev–Trinajstić information content (AvgIpc) is 3.16. The minimum Gasteiger partial charge on any atom is -0.389 e. The van der Waals surface area contributed by atoms with Crippen LogP contribution in [0.25, 0.3) is 17.8 Å². The van der Waals surface area contributed by atoms with Crippen molar-refractivity contribution in [2.75, 3.05) is 5.73 Å². The first-order chi connectivity index (χ1) is 13.8. The van der Waals surface area contributed by atoms with E-state index in [4.69, 9.17) is 17.3 Å². The van der Waals surface area contributed by atoms with E-state index in [-0.39, 0.29) is 5.41 Å². The van der Waals surface area contributed by atoms with Gasteiger partial charge in [0.15, 0.2) is 0 Å². The molecular weight excluding hydrogens is 400 g/mol. The quantitative estimate of drug-likeness (QED) is 0.554. The number of para-hydroxylation sites is 1. The molecule has 1 aliphatic rings. The molecule has 0 saturated carbocycles. The number of hydrogen-bond donors (Lipinski definition) is 1. The zero-order chi connectivity index (χ0) is 20.8. The third-order valence-electron chi connectivity index (χ3n) is 5.19. The number of hydrogen-bond acceptors (Lipinski definition) is 4. The highest BCUT2D eigenvalue weighted by atomic mass is 35.5. The van der Waals surface area contributed by atoms with E-state index in [9.17, 15) is 5.26 Å². The van der Waals surface area contributed by atoms with Gasteiger partial charge in [0.2, 0.25) is 0 Å². The Balaban J connectivity index is 1.73. The maximum atomic E-state index is 9.51. The number of benzene rings is 1. The zero-order valence-corrected chi connectivity index (χ0v) is 18.1. The number of allylic oxidation sites excluding steroid dienone is 2. The summed E-state index contributed by atoms with van der Waals surface area (Å²) < 4.78 is 1.75. The van der Waals surface area contributed by atoms with Crippen LogP contribution < -0.4 is 5.73 Å². The summed E-state index contributed by atoms with van der Waals surface area (Å²) in [5.41, 5.74) is 11.4. The van der Waals surface area contributed by atoms with E-state index in [0.29, 0.717) is 15.7 Å². The summed E-state index contributed by atoms with van der Waals surface area (Å²) in [6, 6.07) is 12.1. The Kier molecular flexibility index (Phi) is 4.85. The molecule has 2 N–H and O–H groups in total. The SMILES string of the molecule is Cc1nn(-c2ccccc2)c(Cl)c1/C=C/C1=Cc2c(sc(N)c2C#N)C(C)(C)C1. The number of fused-ring (bicyclic) bond motifs is 1. The molecule has 3 aromatic rings. The first kappa shape index (κ1) is 19.5. The zero-order valence-electron chi connectivity index (χ0n) is 16.5. The largest absolute Gasteiger partial charge is 0.389 e. The van der Waals surface area contributed by atoms with Crippen molar-refractivity contribution in [3.63, 3.8) is 0 Å². The first-order valence-corrected chi connectivity index (χ1v) is 10.5. The van der Waals surface area contributed by atoms with E-state index in [1.54, 1.807) is 4.68 Å². The summed E-state index contributed by atoms with van der Waals surface area (Å²) in [7, 11) is 0. The molecule has 29 heavy (non-hydrogen) atoms. The van der Waals surface area contributed by atoms with Gasteiger partial charge in [-0.15, -0.1) is 11.3 Å². The van der Waals surface area contributed by atoms with Crippen molar-refractivity contribution in [1.29, 1.82) is 5.26 Å². The van der Waals surface area contributed by atoms with Crippen molar-refractivity contribution >= 4 is 40.1 Å². The molecule has 0 bridgehead atoms. The topological polar surface area (TPSA) is 67.6 Å². The molecule has 4 rings (SSSR count). The maximum Gasteiger partial charge on any atom is 0.140 e. The van der Waals surface area contributed by atoms with Gasteiger partial charge in [-0.25, -0.2) is 4.68 Å². The Morgan fingerprint density at radius 1 is 1.28 bits per heavy atom. The number of halogens is 1. The second kappa shape index (κ2) is 7.22. The van der Waals surface area contributed by atoms with Gasteiger partial charge in [0.25, 0.3) is 0 Å². The second-order valence-electron chi connectivity index (χ2n) is 7.85. The van der Waals surface area contributed by atoms with E-state index in [2.05, 4.69) is 37.2 Å². The van der Waals surface area contributed by atoms with Gasteiger partial charge in [0.1, 0.15) is 16.2 Å². The van der Waals surface area contributed by atoms with Crippen LogP contribution in [-0.4, -0.2) is 9.78 Å². The number of aromatic nitrogens is 2. The second-order valence-corrected chi connectivity index (χ2v) is 9.26. The van der Waals surface area contributed by atoms with Crippen LogP contribution in [-0.2, 0) is 5.41 Å². The van der Waals surface area contributed by atoms with Crippen molar-refractivity contribution in [3.05, 3.63) is 74.4 Å². The lowest BCUT2D eigenvalue weighted by Crippen LogP contribution is -2.20. The van der Waals surface area contributed by atoms with Crippen LogP contribution in [0.3, 0.4) is 0 Å². The lowest BCUT2D eigenvalue weighted by molar-refractivity contribution is 0.531. The Labute approximate surface area is 179 Å². The number of nitrogens with zero attached hydrogens (tertiary/aromatic N) is 3. The number of aryl methyl sites for hydroxylation is 1. The van der Waals surface area contributed by atoms with Gasteiger partial charge >= 0.3 is 0 Å². The van der Waals surface area contributed by atoms with Gasteiger partial charge in [0.05, 0.1) is 16.9 Å². The third-order valence-corrected chi connectivity index (χ3v) is 6.95. The highest BCUT2D eigenvalue weighted by Gasteiger charge is 2.32. The molecule has 0 spiro atoms. The maximum absolute atomic E-state index is 9.51. The van der Waals surface area contributed by atoms with E-state index in [0.717, 1.165) is 34.5 Å². The molecule has 0 fully saturated rings. The highest BCUT2D eigenvalue weighted by Crippen LogP contribution is 2.46. The molecular formula is C23H21ClN4S. The van der Waals surface area contributed by atoms with Crippen molar-refractivity contribution in [3.8, 4) is 11.8 Å². The van der Waals surface area contributed by atoms with E-state index >= 15 is 0 Å². The van der Waals surface area contributed by atoms with Gasteiger partial charge in [-0.2, -0.15) is 10.4 Å². The van der Waals surface area contributed by atoms with Gasteiger partial charge in [-0.05, 0) is 43.2 Å². The fourth-order valence-corrected chi connectivity index (χ4v) is 5.22. The summed E-state index contributed by atoms with van der Waals surface area (Å²) in [5.74, 6) is 0. The Morgan fingerprint density at radius 3 is 2.69 bits per heavy atom. The molecule has 0 saturated heterocycles. The van der Waals surface area contributed by atoms with E-state index < -0.39 is 0 Å². The fraction of sp³-hybridized carbons (Fsp3) is 0.217. The standard InChI is InChI=1S/C23H21ClN4S/c1-14-17(21(24)28(27-14)16-7-5-4-6-8-16)10-9-15-11-18-19(13-25)22(26)29-20(18)23(2,3)12-15/h4-11H,12,26H2,1-3H3/b10-9+. The number of nitriles is 1. The number of thiophene rings is 1. The molecule has 0 radical (unpaired) electrons. The summed E-state index contributed by atoms with van der Waals surface area (Å²) in [5, 5.41) is 15.3. The van der Waals surface area contributed by atoms with Gasteiger partial charge < -0.3 is 5.73 Å². The number of nitrogen functional groups attached to an aromatic ring is 1. The van der Waals surface area contributed by atoms with Crippen LogP contribution in [0.2, 0.25) is 5.15 Å².